The average molecular weight is 518 g/mol. The van der Waals surface area contributed by atoms with Crippen molar-refractivity contribution < 1.29 is 28.2 Å². The molecular formula is C21H36N5O6PS. The molecule has 5 atom stereocenters. The zero-order chi connectivity index (χ0) is 25.3. The van der Waals surface area contributed by atoms with Crippen molar-refractivity contribution in [2.45, 2.75) is 78.1 Å². The molecule has 11 nitrogen and oxygen atoms in total. The molecule has 2 aromatic heterocycles. The summed E-state index contributed by atoms with van der Waals surface area (Å²) in [5.74, 6) is 0.266. The van der Waals surface area contributed by atoms with Crippen LogP contribution in [-0.2, 0) is 35.1 Å². The smallest absolute Gasteiger partial charge is 0.325 e. The number of rotatable bonds is 9. The topological polar surface area (TPSA) is 136 Å². The summed E-state index contributed by atoms with van der Waals surface area (Å²) in [6.07, 6.45) is 1.09. The molecule has 0 aliphatic carbocycles. The van der Waals surface area contributed by atoms with Gasteiger partial charge in [0.1, 0.15) is 24.1 Å². The Morgan fingerprint density at radius 3 is 2.47 bits per heavy atom. The standard InChI is InChI=1S/C21H36N5O6PS/c1-20(2,3)10-13-15(31-33(27,34)32-21(4,5)6)16(29-9-8-28-7)19(30-13)26-12-25-14-17(22)23-11-24-18(14)26/h11-13,15-16,19H,8-10H2,1-7H3,(H,27,34)(H2,22,23,24)/t13-,15+,16?,19-,33?/m1/s1. The lowest BCUT2D eigenvalue weighted by molar-refractivity contribution is -0.0774. The number of hydrogen-bond donors (Lipinski definition) is 2. The number of fused-ring (bicyclic) bond motifs is 1. The van der Waals surface area contributed by atoms with Crippen LogP contribution in [0.1, 0.15) is 54.2 Å². The van der Waals surface area contributed by atoms with Crippen molar-refractivity contribution >= 4 is 35.5 Å². The Balaban J connectivity index is 2.02. The van der Waals surface area contributed by atoms with Gasteiger partial charge >= 0.3 is 6.72 Å². The summed E-state index contributed by atoms with van der Waals surface area (Å²) >= 11 is 5.37. The fraction of sp³-hybridized carbons (Fsp3) is 0.762. The van der Waals surface area contributed by atoms with Gasteiger partial charge in [-0.15, -0.1) is 0 Å². The molecule has 2 unspecified atom stereocenters. The molecule has 34 heavy (non-hydrogen) atoms. The number of methoxy groups -OCH3 is 1. The largest absolute Gasteiger partial charge is 0.382 e. The van der Waals surface area contributed by atoms with Gasteiger partial charge < -0.3 is 29.4 Å². The predicted molar refractivity (Wildman–Crippen MR) is 132 cm³/mol. The highest BCUT2D eigenvalue weighted by atomic mass is 32.5. The van der Waals surface area contributed by atoms with Crippen LogP contribution in [0, 0.1) is 5.41 Å². The predicted octanol–water partition coefficient (Wildman–Crippen LogP) is 3.19. The SMILES string of the molecule is COCCOC1[C@@H](OP(O)(=S)OC(C)(C)C)[C@@H](CC(C)(C)C)O[C@H]1n1cnc2c(N)ncnc21. The highest BCUT2D eigenvalue weighted by molar-refractivity contribution is 8.07. The van der Waals surface area contributed by atoms with Gasteiger partial charge in [-0.25, -0.2) is 15.0 Å². The molecule has 0 saturated carbocycles. The Kier molecular flexibility index (Phi) is 8.36. The number of nitrogen functional groups attached to an aromatic ring is 1. The van der Waals surface area contributed by atoms with Gasteiger partial charge in [-0.3, -0.25) is 9.09 Å². The van der Waals surface area contributed by atoms with E-state index in [1.807, 2.05) is 20.8 Å². The zero-order valence-electron chi connectivity index (χ0n) is 20.8. The van der Waals surface area contributed by atoms with Gasteiger partial charge in [-0.05, 0) is 44.4 Å². The molecule has 1 aliphatic heterocycles. The van der Waals surface area contributed by atoms with Crippen molar-refractivity contribution in [1.82, 2.24) is 19.5 Å². The normalized spacial score (nSPS) is 25.6. The zero-order valence-corrected chi connectivity index (χ0v) is 22.5. The second-order valence-corrected chi connectivity index (χ2v) is 13.2. The maximum Gasteiger partial charge on any atom is 0.325 e. The van der Waals surface area contributed by atoms with Gasteiger partial charge in [-0.2, -0.15) is 0 Å². The van der Waals surface area contributed by atoms with Crippen LogP contribution in [-0.4, -0.2) is 68.6 Å². The van der Waals surface area contributed by atoms with E-state index in [0.29, 0.717) is 24.2 Å². The molecule has 2 aromatic rings. The van der Waals surface area contributed by atoms with Crippen molar-refractivity contribution in [2.24, 2.45) is 5.41 Å². The Morgan fingerprint density at radius 1 is 1.15 bits per heavy atom. The second kappa shape index (κ2) is 10.4. The summed E-state index contributed by atoms with van der Waals surface area (Å²) in [5, 5.41) is 0. The summed E-state index contributed by atoms with van der Waals surface area (Å²) in [6.45, 7) is 8.74. The van der Waals surface area contributed by atoms with Crippen molar-refractivity contribution in [3.8, 4) is 0 Å². The average Bonchev–Trinajstić information content (AvgIpc) is 3.22. The highest BCUT2D eigenvalue weighted by Gasteiger charge is 2.51. The van der Waals surface area contributed by atoms with E-state index < -0.39 is 36.9 Å². The van der Waals surface area contributed by atoms with Gasteiger partial charge in [0.05, 0.1) is 31.2 Å². The second-order valence-electron chi connectivity index (χ2n) is 10.5. The van der Waals surface area contributed by atoms with Crippen molar-refractivity contribution in [2.75, 3.05) is 26.1 Å². The van der Waals surface area contributed by atoms with E-state index in [-0.39, 0.29) is 17.8 Å². The van der Waals surface area contributed by atoms with Gasteiger partial charge in [0, 0.05) is 7.11 Å². The van der Waals surface area contributed by atoms with Crippen LogP contribution in [0.2, 0.25) is 0 Å². The van der Waals surface area contributed by atoms with E-state index in [4.69, 9.17) is 40.8 Å². The summed E-state index contributed by atoms with van der Waals surface area (Å²) < 4.78 is 31.5. The van der Waals surface area contributed by atoms with Gasteiger partial charge in [-0.1, -0.05) is 20.8 Å². The van der Waals surface area contributed by atoms with Crippen LogP contribution in [0.25, 0.3) is 11.2 Å². The minimum atomic E-state index is -3.63. The van der Waals surface area contributed by atoms with Crippen LogP contribution in [0.3, 0.4) is 0 Å². The molecular weight excluding hydrogens is 481 g/mol. The number of nitrogens with zero attached hydrogens (tertiary/aromatic N) is 4. The van der Waals surface area contributed by atoms with Crippen molar-refractivity contribution in [1.29, 1.82) is 0 Å². The van der Waals surface area contributed by atoms with Crippen LogP contribution >= 0.6 is 6.72 Å². The first-order valence-electron chi connectivity index (χ1n) is 11.1. The lowest BCUT2D eigenvalue weighted by Crippen LogP contribution is -2.38. The fourth-order valence-corrected chi connectivity index (χ4v) is 6.12. The van der Waals surface area contributed by atoms with E-state index in [1.165, 1.54) is 6.33 Å². The maximum atomic E-state index is 10.9. The Hall–Kier alpha value is -1.24. The Bertz CT molecular complexity index is 1020. The number of anilines is 1. The lowest BCUT2D eigenvalue weighted by atomic mass is 9.87. The summed E-state index contributed by atoms with van der Waals surface area (Å²) in [6, 6.07) is 0. The van der Waals surface area contributed by atoms with E-state index >= 15 is 0 Å². The minimum absolute atomic E-state index is 0.106. The number of ether oxygens (including phenoxy) is 3. The lowest BCUT2D eigenvalue weighted by Gasteiger charge is -2.32. The van der Waals surface area contributed by atoms with E-state index in [9.17, 15) is 4.89 Å². The molecule has 0 radical (unpaired) electrons. The van der Waals surface area contributed by atoms with E-state index in [1.54, 1.807) is 18.0 Å². The third-order valence-corrected chi connectivity index (χ3v) is 6.77. The first-order valence-corrected chi connectivity index (χ1v) is 13.7. The molecule has 1 aliphatic rings. The van der Waals surface area contributed by atoms with Crippen LogP contribution in [0.5, 0.6) is 0 Å². The van der Waals surface area contributed by atoms with Gasteiger partial charge in [0.2, 0.25) is 0 Å². The van der Waals surface area contributed by atoms with Crippen LogP contribution in [0.4, 0.5) is 5.82 Å². The monoisotopic (exact) mass is 517 g/mol. The molecule has 13 heteroatoms. The first kappa shape index (κ1) is 27.3. The minimum Gasteiger partial charge on any atom is -0.382 e. The summed E-state index contributed by atoms with van der Waals surface area (Å²) in [5.41, 5.74) is 6.15. The molecule has 3 rings (SSSR count). The maximum absolute atomic E-state index is 10.9. The summed E-state index contributed by atoms with van der Waals surface area (Å²) in [7, 11) is 1.59. The van der Waals surface area contributed by atoms with Gasteiger partial charge in [0.25, 0.3) is 0 Å². The molecule has 0 bridgehead atoms. The van der Waals surface area contributed by atoms with Crippen LogP contribution < -0.4 is 5.73 Å². The van der Waals surface area contributed by atoms with Crippen LogP contribution in [0.15, 0.2) is 12.7 Å². The number of hydrogen-bond acceptors (Lipinski definition) is 10. The van der Waals surface area contributed by atoms with Crippen molar-refractivity contribution in [3.05, 3.63) is 12.7 Å². The molecule has 1 saturated heterocycles. The number of imidazole rings is 1. The molecule has 1 fully saturated rings. The van der Waals surface area contributed by atoms with E-state index in [0.717, 1.165) is 0 Å². The Morgan fingerprint density at radius 2 is 1.85 bits per heavy atom. The van der Waals surface area contributed by atoms with Gasteiger partial charge in [0.15, 0.2) is 17.7 Å². The molecule has 3 N–H and O–H groups in total. The summed E-state index contributed by atoms with van der Waals surface area (Å²) in [4.78, 5) is 23.6. The Labute approximate surface area is 205 Å². The molecule has 3 heterocycles. The molecule has 192 valence electrons. The van der Waals surface area contributed by atoms with E-state index in [2.05, 4.69) is 35.7 Å². The third kappa shape index (κ3) is 6.92. The number of aromatic nitrogens is 4. The number of nitrogens with two attached hydrogens (primary N) is 1. The first-order chi connectivity index (χ1) is 15.7. The molecule has 0 aromatic carbocycles. The fourth-order valence-electron chi connectivity index (χ4n) is 3.85. The molecule has 0 spiro atoms. The highest BCUT2D eigenvalue weighted by Crippen LogP contribution is 2.53. The third-order valence-electron chi connectivity index (χ3n) is 5.00. The van der Waals surface area contributed by atoms with Crippen molar-refractivity contribution in [3.63, 3.8) is 0 Å². The molecule has 0 amide bonds. The quantitative estimate of drug-likeness (QED) is 0.375.